The van der Waals surface area contributed by atoms with Gasteiger partial charge >= 0.3 is 0 Å². The summed E-state index contributed by atoms with van der Waals surface area (Å²) in [6.45, 7) is 0. The lowest BCUT2D eigenvalue weighted by Crippen LogP contribution is -2.19. The number of nitrogens with two attached hydrogens (primary N) is 1. The Morgan fingerprint density at radius 2 is 2.14 bits per heavy atom. The number of anilines is 1. The Labute approximate surface area is 145 Å². The summed E-state index contributed by atoms with van der Waals surface area (Å²) in [6.07, 6.45) is 1.25. The maximum Gasteiger partial charge on any atom is 0.247 e. The third-order valence-electron chi connectivity index (χ3n) is 2.38. The normalized spacial score (nSPS) is 11.0. The van der Waals surface area contributed by atoms with Crippen LogP contribution in [0, 0.1) is 0 Å². The lowest BCUT2D eigenvalue weighted by molar-refractivity contribution is -0.120. The number of aromatic hydroxyl groups is 2. The summed E-state index contributed by atoms with van der Waals surface area (Å²) in [5, 5.41) is 31.3. The highest BCUT2D eigenvalue weighted by Crippen LogP contribution is 2.40. The van der Waals surface area contributed by atoms with Crippen LogP contribution in [0.2, 0.25) is 0 Å². The van der Waals surface area contributed by atoms with Gasteiger partial charge < -0.3 is 15.9 Å². The third-order valence-corrected chi connectivity index (χ3v) is 4.49. The van der Waals surface area contributed by atoms with E-state index in [2.05, 4.69) is 52.6 Å². The van der Waals surface area contributed by atoms with Gasteiger partial charge in [-0.1, -0.05) is 11.3 Å². The molecule has 2 rings (SSSR count). The molecule has 0 bridgehead atoms. The fourth-order valence-corrected chi connectivity index (χ4v) is 3.17. The average Bonchev–Trinajstić information content (AvgIpc) is 2.87. The summed E-state index contributed by atoms with van der Waals surface area (Å²) < 4.78 is 0.494. The second-order valence-corrected chi connectivity index (χ2v) is 6.70. The van der Waals surface area contributed by atoms with Gasteiger partial charge in [-0.2, -0.15) is 5.10 Å². The second-order valence-electron chi connectivity index (χ2n) is 3.96. The molecule has 0 atom stereocenters. The molecule has 0 unspecified atom stereocenters. The molecule has 0 saturated heterocycles. The smallest absolute Gasteiger partial charge is 0.247 e. The Kier molecular flexibility index (Phi) is 5.32. The molecule has 22 heavy (non-hydrogen) atoms. The molecular weight excluding hydrogens is 442 g/mol. The van der Waals surface area contributed by atoms with Gasteiger partial charge in [-0.25, -0.2) is 5.43 Å². The van der Waals surface area contributed by atoms with Crippen molar-refractivity contribution in [3.05, 3.63) is 25.6 Å². The minimum absolute atomic E-state index is 0.00115. The van der Waals surface area contributed by atoms with Crippen LogP contribution in [0.5, 0.6) is 11.5 Å². The topological polar surface area (TPSA) is 134 Å². The number of benzene rings is 1. The van der Waals surface area contributed by atoms with Crippen molar-refractivity contribution >= 4 is 60.5 Å². The lowest BCUT2D eigenvalue weighted by atomic mass is 10.2. The minimum atomic E-state index is -0.399. The van der Waals surface area contributed by atoms with Crippen LogP contribution in [0.1, 0.15) is 10.6 Å². The second kappa shape index (κ2) is 7.03. The number of aromatic nitrogens is 2. The zero-order valence-corrected chi connectivity index (χ0v) is 14.7. The van der Waals surface area contributed by atoms with E-state index < -0.39 is 5.91 Å². The standard InChI is InChI=1S/C11H9Br2N5O3S/c12-5-1-4(9(20)8(13)10(5)21)3-15-16-6(19)2-7-17-18-11(14)22-7/h1,3,20-21H,2H2,(H2,14,18)(H,16,19)/b15-3-. The molecule has 2 aromatic rings. The fourth-order valence-electron chi connectivity index (χ4n) is 1.40. The van der Waals surface area contributed by atoms with Crippen LogP contribution >= 0.6 is 43.2 Å². The number of hydrogen-bond donors (Lipinski definition) is 4. The minimum Gasteiger partial charge on any atom is -0.506 e. The first-order valence-electron chi connectivity index (χ1n) is 5.68. The predicted octanol–water partition coefficient (Wildman–Crippen LogP) is 1.75. The maximum absolute atomic E-state index is 11.6. The molecule has 0 aliphatic rings. The number of halogens is 2. The molecule has 1 aromatic carbocycles. The summed E-state index contributed by atoms with van der Waals surface area (Å²) in [4.78, 5) is 11.6. The molecule has 5 N–H and O–H groups in total. The highest BCUT2D eigenvalue weighted by molar-refractivity contribution is 9.11. The first-order chi connectivity index (χ1) is 10.4. The van der Waals surface area contributed by atoms with E-state index in [4.69, 9.17) is 5.73 Å². The fraction of sp³-hybridized carbons (Fsp3) is 0.0909. The zero-order valence-electron chi connectivity index (χ0n) is 10.7. The number of nitrogen functional groups attached to an aromatic ring is 1. The van der Waals surface area contributed by atoms with Gasteiger partial charge in [-0.3, -0.25) is 4.79 Å². The Morgan fingerprint density at radius 3 is 2.77 bits per heavy atom. The van der Waals surface area contributed by atoms with Crippen molar-refractivity contribution in [1.29, 1.82) is 0 Å². The van der Waals surface area contributed by atoms with Gasteiger partial charge in [-0.05, 0) is 37.9 Å². The summed E-state index contributed by atoms with van der Waals surface area (Å²) in [5.41, 5.74) is 8.01. The van der Waals surface area contributed by atoms with Crippen molar-refractivity contribution in [2.24, 2.45) is 5.10 Å². The van der Waals surface area contributed by atoms with Crippen LogP contribution in [-0.4, -0.2) is 32.5 Å². The van der Waals surface area contributed by atoms with Crippen LogP contribution in [0.3, 0.4) is 0 Å². The quantitative estimate of drug-likeness (QED) is 0.414. The van der Waals surface area contributed by atoms with Crippen molar-refractivity contribution in [2.75, 3.05) is 5.73 Å². The summed E-state index contributed by atoms with van der Waals surface area (Å²) in [5.74, 6) is -0.730. The Balaban J connectivity index is 2.02. The number of amides is 1. The molecule has 116 valence electrons. The van der Waals surface area contributed by atoms with Gasteiger partial charge in [0.2, 0.25) is 11.0 Å². The number of hydrogen-bond acceptors (Lipinski definition) is 8. The highest BCUT2D eigenvalue weighted by atomic mass is 79.9. The van der Waals surface area contributed by atoms with Crippen molar-refractivity contribution < 1.29 is 15.0 Å². The number of phenols is 2. The number of nitrogens with one attached hydrogen (secondary N) is 1. The summed E-state index contributed by atoms with van der Waals surface area (Å²) in [7, 11) is 0. The molecule has 1 amide bonds. The van der Waals surface area contributed by atoms with E-state index in [1.54, 1.807) is 0 Å². The predicted molar refractivity (Wildman–Crippen MR) is 88.9 cm³/mol. The van der Waals surface area contributed by atoms with E-state index >= 15 is 0 Å². The van der Waals surface area contributed by atoms with Gasteiger partial charge in [0.15, 0.2) is 0 Å². The van der Waals surface area contributed by atoms with E-state index in [1.807, 2.05) is 0 Å². The molecule has 1 heterocycles. The molecule has 0 aliphatic carbocycles. The van der Waals surface area contributed by atoms with Gasteiger partial charge in [0.1, 0.15) is 21.0 Å². The summed E-state index contributed by atoms with van der Waals surface area (Å²) >= 11 is 7.29. The Hall–Kier alpha value is -1.72. The third kappa shape index (κ3) is 3.93. The zero-order chi connectivity index (χ0) is 16.3. The van der Waals surface area contributed by atoms with Crippen LogP contribution < -0.4 is 11.2 Å². The van der Waals surface area contributed by atoms with Crippen LogP contribution in [0.4, 0.5) is 5.13 Å². The first kappa shape index (κ1) is 16.6. The number of hydrazone groups is 1. The van der Waals surface area contributed by atoms with Crippen LogP contribution in [-0.2, 0) is 11.2 Å². The lowest BCUT2D eigenvalue weighted by Gasteiger charge is -2.06. The first-order valence-corrected chi connectivity index (χ1v) is 8.08. The number of nitrogens with zero attached hydrogens (tertiary/aromatic N) is 3. The van der Waals surface area contributed by atoms with Gasteiger partial charge in [0.05, 0.1) is 17.1 Å². The van der Waals surface area contributed by atoms with Crippen molar-refractivity contribution in [3.63, 3.8) is 0 Å². The van der Waals surface area contributed by atoms with E-state index in [1.165, 1.54) is 12.3 Å². The Morgan fingerprint density at radius 1 is 1.41 bits per heavy atom. The molecule has 0 aliphatic heterocycles. The van der Waals surface area contributed by atoms with Crippen molar-refractivity contribution in [3.8, 4) is 11.5 Å². The van der Waals surface area contributed by atoms with Crippen LogP contribution in [0.25, 0.3) is 0 Å². The SMILES string of the molecule is Nc1nnc(CC(=O)N/N=C\c2cc(Br)c(O)c(Br)c2O)s1. The number of carbonyl (C=O) groups excluding carboxylic acids is 1. The largest absolute Gasteiger partial charge is 0.506 e. The maximum atomic E-state index is 11.6. The monoisotopic (exact) mass is 449 g/mol. The molecule has 0 fully saturated rings. The number of rotatable bonds is 4. The van der Waals surface area contributed by atoms with Gasteiger partial charge in [0, 0.05) is 5.56 Å². The summed E-state index contributed by atoms with van der Waals surface area (Å²) in [6, 6.07) is 1.45. The molecule has 1 aromatic heterocycles. The number of carbonyl (C=O) groups is 1. The van der Waals surface area contributed by atoms with E-state index in [9.17, 15) is 15.0 Å². The van der Waals surface area contributed by atoms with E-state index in [0.717, 1.165) is 11.3 Å². The molecule has 0 spiro atoms. The van der Waals surface area contributed by atoms with Crippen molar-refractivity contribution in [2.45, 2.75) is 6.42 Å². The molecule has 0 radical (unpaired) electrons. The van der Waals surface area contributed by atoms with E-state index in [-0.39, 0.29) is 27.5 Å². The average molecular weight is 451 g/mol. The molecular formula is C11H9Br2N5O3S. The van der Waals surface area contributed by atoms with E-state index in [0.29, 0.717) is 15.0 Å². The molecule has 0 saturated carbocycles. The van der Waals surface area contributed by atoms with Gasteiger partial charge in [-0.15, -0.1) is 10.2 Å². The number of phenolic OH excluding ortho intramolecular Hbond substituents is 2. The highest BCUT2D eigenvalue weighted by Gasteiger charge is 2.13. The van der Waals surface area contributed by atoms with Crippen LogP contribution in [0.15, 0.2) is 20.1 Å². The van der Waals surface area contributed by atoms with Crippen molar-refractivity contribution in [1.82, 2.24) is 15.6 Å². The Bertz CT molecular complexity index is 750. The molecule has 8 nitrogen and oxygen atoms in total. The molecule has 11 heteroatoms. The van der Waals surface area contributed by atoms with Gasteiger partial charge in [0.25, 0.3) is 0 Å².